The molecule has 0 aliphatic carbocycles. The first-order chi connectivity index (χ1) is 37.0. The van der Waals surface area contributed by atoms with Crippen LogP contribution < -0.4 is 0 Å². The van der Waals surface area contributed by atoms with Crippen molar-refractivity contribution in [2.75, 3.05) is 13.2 Å². The molecule has 0 bridgehead atoms. The van der Waals surface area contributed by atoms with Crippen LogP contribution in [-0.4, -0.2) is 37.2 Å². The van der Waals surface area contributed by atoms with Gasteiger partial charge in [-0.15, -0.1) is 0 Å². The third kappa shape index (κ3) is 59.8. The molecule has 420 valence electrons. The molecule has 75 heavy (non-hydrogen) atoms. The molecule has 0 aromatic rings. The minimum atomic E-state index is -0.822. The summed E-state index contributed by atoms with van der Waals surface area (Å²) in [6.45, 7) is 6.30. The van der Waals surface area contributed by atoms with Gasteiger partial charge in [0.25, 0.3) is 0 Å². The number of hydrogen-bond donors (Lipinski definition) is 0. The van der Waals surface area contributed by atoms with Crippen molar-refractivity contribution in [1.82, 2.24) is 0 Å². The van der Waals surface area contributed by atoms with Crippen LogP contribution >= 0.6 is 0 Å². The smallest absolute Gasteiger partial charge is 0.306 e. The average molecular weight is 1030 g/mol. The molecule has 0 spiro atoms. The van der Waals surface area contributed by atoms with E-state index in [0.29, 0.717) is 25.7 Å². The average Bonchev–Trinajstić information content (AvgIpc) is 3.41. The highest BCUT2D eigenvalue weighted by Gasteiger charge is 2.19. The third-order valence-electron chi connectivity index (χ3n) is 12.0. The number of carbonyl (C=O) groups is 3. The van der Waals surface area contributed by atoms with Crippen LogP contribution in [-0.2, 0) is 28.6 Å². The maximum absolute atomic E-state index is 12.9. The van der Waals surface area contributed by atoms with Gasteiger partial charge >= 0.3 is 17.9 Å². The molecule has 0 N–H and O–H groups in total. The monoisotopic (exact) mass is 1030 g/mol. The largest absolute Gasteiger partial charge is 0.462 e. The Morgan fingerprint density at radius 2 is 0.520 bits per heavy atom. The van der Waals surface area contributed by atoms with Gasteiger partial charge in [-0.05, 0) is 148 Å². The van der Waals surface area contributed by atoms with Crippen molar-refractivity contribution in [2.24, 2.45) is 0 Å². The number of hydrogen-bond acceptors (Lipinski definition) is 6. The summed E-state index contributed by atoms with van der Waals surface area (Å²) in [4.78, 5) is 38.2. The normalized spacial score (nSPS) is 13.3. The SMILES string of the molecule is CC/C=C\C/C=C\C/C=C\C/C=C\C/C=C\C/C=C\C/C=C\CCCCCC(=O)OCC(COC(=O)CCCC/C=C\C/C=C\C/C=C\C/C=C\CC)OC(=O)CCCCCCCCC/C=C\C/C=C\CCCCC. The molecule has 0 fully saturated rings. The highest BCUT2D eigenvalue weighted by Crippen LogP contribution is 2.13. The zero-order chi connectivity index (χ0) is 54.3. The van der Waals surface area contributed by atoms with Crippen molar-refractivity contribution in [2.45, 2.75) is 245 Å². The van der Waals surface area contributed by atoms with Gasteiger partial charge in [0, 0.05) is 19.3 Å². The fraction of sp³-hybridized carbons (Fsp3) is 0.580. The van der Waals surface area contributed by atoms with Gasteiger partial charge in [0.05, 0.1) is 0 Å². The van der Waals surface area contributed by atoms with Gasteiger partial charge in [-0.3, -0.25) is 14.4 Å². The minimum Gasteiger partial charge on any atom is -0.462 e. The second-order valence-corrected chi connectivity index (χ2v) is 19.1. The van der Waals surface area contributed by atoms with Crippen molar-refractivity contribution in [3.8, 4) is 0 Å². The second kappa shape index (κ2) is 61.6. The summed E-state index contributed by atoms with van der Waals surface area (Å²) in [5.74, 6) is -1.01. The van der Waals surface area contributed by atoms with Crippen LogP contribution in [0.5, 0.6) is 0 Å². The van der Waals surface area contributed by atoms with Crippen molar-refractivity contribution < 1.29 is 28.6 Å². The zero-order valence-corrected chi connectivity index (χ0v) is 48.0. The van der Waals surface area contributed by atoms with Crippen molar-refractivity contribution in [3.63, 3.8) is 0 Å². The molecule has 6 heteroatoms. The van der Waals surface area contributed by atoms with Crippen molar-refractivity contribution >= 4 is 17.9 Å². The molecule has 0 saturated carbocycles. The number of esters is 3. The predicted octanol–water partition coefficient (Wildman–Crippen LogP) is 20.5. The molecular weight excluding hydrogens is 925 g/mol. The van der Waals surface area contributed by atoms with Gasteiger partial charge in [-0.2, -0.15) is 0 Å². The number of unbranched alkanes of at least 4 members (excludes halogenated alkanes) is 15. The lowest BCUT2D eigenvalue weighted by molar-refractivity contribution is -0.167. The van der Waals surface area contributed by atoms with Crippen LogP contribution in [0.25, 0.3) is 0 Å². The maximum Gasteiger partial charge on any atom is 0.306 e. The van der Waals surface area contributed by atoms with E-state index in [1.807, 2.05) is 0 Å². The van der Waals surface area contributed by atoms with E-state index < -0.39 is 6.10 Å². The van der Waals surface area contributed by atoms with E-state index in [2.05, 4.69) is 179 Å². The molecule has 1 atom stereocenters. The van der Waals surface area contributed by atoms with Crippen LogP contribution in [0, 0.1) is 0 Å². The van der Waals surface area contributed by atoms with Crippen molar-refractivity contribution in [3.05, 3.63) is 158 Å². The molecule has 0 aliphatic rings. The third-order valence-corrected chi connectivity index (χ3v) is 12.0. The van der Waals surface area contributed by atoms with E-state index in [-0.39, 0.29) is 31.1 Å². The summed E-state index contributed by atoms with van der Waals surface area (Å²) >= 11 is 0. The summed E-state index contributed by atoms with van der Waals surface area (Å²) in [6, 6.07) is 0. The zero-order valence-electron chi connectivity index (χ0n) is 48.0. The van der Waals surface area contributed by atoms with E-state index in [4.69, 9.17) is 14.2 Å². The fourth-order valence-corrected chi connectivity index (χ4v) is 7.56. The number of rotatable bonds is 52. The Kier molecular flexibility index (Phi) is 57.5. The van der Waals surface area contributed by atoms with Crippen LogP contribution in [0.3, 0.4) is 0 Å². The summed E-state index contributed by atoms with van der Waals surface area (Å²) < 4.78 is 16.8. The number of allylic oxidation sites excluding steroid dienone is 26. The van der Waals surface area contributed by atoms with E-state index in [1.54, 1.807) is 0 Å². The Balaban J connectivity index is 4.52. The van der Waals surface area contributed by atoms with Gasteiger partial charge in [-0.1, -0.05) is 230 Å². The minimum absolute atomic E-state index is 0.119. The van der Waals surface area contributed by atoms with E-state index in [0.717, 1.165) is 141 Å². The van der Waals surface area contributed by atoms with Gasteiger partial charge in [0.2, 0.25) is 0 Å². The highest BCUT2D eigenvalue weighted by molar-refractivity contribution is 5.71. The molecule has 0 aliphatic heterocycles. The first-order valence-electron chi connectivity index (χ1n) is 30.0. The van der Waals surface area contributed by atoms with Crippen LogP contribution in [0.2, 0.25) is 0 Å². The lowest BCUT2D eigenvalue weighted by Crippen LogP contribution is -2.30. The highest BCUT2D eigenvalue weighted by atomic mass is 16.6. The Morgan fingerprint density at radius 1 is 0.280 bits per heavy atom. The van der Waals surface area contributed by atoms with E-state index >= 15 is 0 Å². The molecule has 1 unspecified atom stereocenters. The van der Waals surface area contributed by atoms with E-state index in [1.165, 1.54) is 51.4 Å². The molecule has 0 aromatic heterocycles. The predicted molar refractivity (Wildman–Crippen MR) is 325 cm³/mol. The molecule has 0 heterocycles. The number of ether oxygens (including phenoxy) is 3. The standard InChI is InChI=1S/C69H108O6/c1-4-7-10-13-16-19-22-25-28-30-31-32-33-34-35-36-37-39-41-44-47-50-53-56-59-62-68(71)74-65-66(64-73-67(70)61-58-55-52-49-46-43-40-27-24-21-18-15-12-9-6-3)75-69(72)63-60-57-54-51-48-45-42-38-29-26-23-20-17-14-11-8-5-2/h7,9-10,12,16-21,25-29,31-32,34-35,37,39-40,44,46-47,49,66H,4-6,8,11,13-15,22-24,30,33,36,38,41-43,45,48,50-65H2,1-3H3/b10-7-,12-9-,19-16-,20-17-,21-18-,28-25-,29-26-,32-31-,35-34-,39-37-,40-27-,47-44-,49-46-. The molecular formula is C69H108O6. The quantitative estimate of drug-likeness (QED) is 0.0261. The maximum atomic E-state index is 12.9. The van der Waals surface area contributed by atoms with Crippen LogP contribution in [0.1, 0.15) is 239 Å². The Bertz CT molecular complexity index is 1710. The second-order valence-electron chi connectivity index (χ2n) is 19.1. The lowest BCUT2D eigenvalue weighted by Gasteiger charge is -2.18. The molecule has 0 saturated heterocycles. The Labute approximate surface area is 460 Å². The first kappa shape index (κ1) is 70.0. The Morgan fingerprint density at radius 3 is 0.853 bits per heavy atom. The molecule has 6 nitrogen and oxygen atoms in total. The van der Waals surface area contributed by atoms with Crippen LogP contribution in [0.15, 0.2) is 158 Å². The molecule has 0 radical (unpaired) electrons. The summed E-state index contributed by atoms with van der Waals surface area (Å²) in [7, 11) is 0. The molecule has 0 rings (SSSR count). The topological polar surface area (TPSA) is 78.9 Å². The van der Waals surface area contributed by atoms with Gasteiger partial charge in [-0.25, -0.2) is 0 Å². The lowest BCUT2D eigenvalue weighted by atomic mass is 10.1. The summed E-state index contributed by atoms with van der Waals surface area (Å²) in [5, 5.41) is 0. The van der Waals surface area contributed by atoms with Gasteiger partial charge in [0.15, 0.2) is 6.10 Å². The van der Waals surface area contributed by atoms with Crippen LogP contribution in [0.4, 0.5) is 0 Å². The van der Waals surface area contributed by atoms with Gasteiger partial charge < -0.3 is 14.2 Å². The molecule has 0 amide bonds. The van der Waals surface area contributed by atoms with E-state index in [9.17, 15) is 14.4 Å². The van der Waals surface area contributed by atoms with Crippen molar-refractivity contribution in [1.29, 1.82) is 0 Å². The molecule has 0 aromatic carbocycles. The fourth-order valence-electron chi connectivity index (χ4n) is 7.56. The first-order valence-corrected chi connectivity index (χ1v) is 30.0. The number of carbonyl (C=O) groups excluding carboxylic acids is 3. The summed E-state index contributed by atoms with van der Waals surface area (Å²) in [6.07, 6.45) is 89.5. The van der Waals surface area contributed by atoms with Gasteiger partial charge in [0.1, 0.15) is 13.2 Å². The Hall–Kier alpha value is -4.97. The summed E-state index contributed by atoms with van der Waals surface area (Å²) in [5.41, 5.74) is 0.